The molecule has 0 aliphatic carbocycles. The van der Waals surface area contributed by atoms with Crippen LogP contribution in [0.1, 0.15) is 194 Å². The quantitative estimate of drug-likeness (QED) is 0.0125. The van der Waals surface area contributed by atoms with Gasteiger partial charge in [-0.2, -0.15) is 0 Å². The van der Waals surface area contributed by atoms with E-state index in [-0.39, 0.29) is 122 Å². The molecule has 16 N–H and O–H groups in total. The van der Waals surface area contributed by atoms with Crippen LogP contribution < -0.4 is 74.9 Å². The maximum Gasteiger partial charge on any atom is 0.407 e. The SMILES string of the molecule is CC(C)(C)OC(=O)NCCCC[C@H](NC(=O)[C@H](Cc1ccccc1)NC(=O)[C@H](Cc1ccccc1)NC(=O)[C@H](CCCCNC(=O)OC(C)(C)C)NC(=O)[C@H](Cc1ccccc1)NC(=O)[C@H](Cc1ccccc1)NC(=O)[C@H](CCCCNC(=O)OC(C)(C)C)NC(=O)[C@H](Cc1ccccc1)NC(=O)[C@H](Cc1ccccc1)NC(=O)[C@@H](N)CCCCNC(=O)OC(C)(C)C)C(=O)O. The topological polar surface area (TPSA) is 479 Å². The number of nitrogens with one attached hydrogen (secondary N) is 13. The summed E-state index contributed by atoms with van der Waals surface area (Å²) in [7, 11) is 0. The number of carbonyl (C=O) groups is 14. The number of nitrogens with two attached hydrogens (primary N) is 1. The summed E-state index contributed by atoms with van der Waals surface area (Å²) in [6, 6.07) is 37.8. The van der Waals surface area contributed by atoms with Gasteiger partial charge in [0.15, 0.2) is 0 Å². The fraction of sp³-hybridized carbons (Fsp3) is 0.490. The van der Waals surface area contributed by atoms with Crippen molar-refractivity contribution in [3.63, 3.8) is 0 Å². The van der Waals surface area contributed by atoms with Gasteiger partial charge in [0.1, 0.15) is 76.8 Å². The predicted molar refractivity (Wildman–Crippen MR) is 496 cm³/mol. The fourth-order valence-corrected chi connectivity index (χ4v) is 13.7. The lowest BCUT2D eigenvalue weighted by atomic mass is 10.00. The highest BCUT2D eigenvalue weighted by Gasteiger charge is 2.38. The summed E-state index contributed by atoms with van der Waals surface area (Å²) in [4.78, 5) is 200. The van der Waals surface area contributed by atoms with E-state index in [1.807, 2.05) is 0 Å². The van der Waals surface area contributed by atoms with E-state index in [9.17, 15) is 43.5 Å². The molecule has 33 heteroatoms. The number of benzene rings is 6. The van der Waals surface area contributed by atoms with Gasteiger partial charge in [-0.25, -0.2) is 24.0 Å². The van der Waals surface area contributed by atoms with Gasteiger partial charge in [0.25, 0.3) is 0 Å². The first-order valence-electron chi connectivity index (χ1n) is 44.9. The van der Waals surface area contributed by atoms with E-state index in [1.165, 1.54) is 0 Å². The lowest BCUT2D eigenvalue weighted by Crippen LogP contribution is -2.61. The zero-order valence-corrected chi connectivity index (χ0v) is 77.5. The van der Waals surface area contributed by atoms with Crippen LogP contribution in [0.25, 0.3) is 0 Å². The van der Waals surface area contributed by atoms with E-state index in [1.54, 1.807) is 265 Å². The van der Waals surface area contributed by atoms with Crippen LogP contribution in [-0.2, 0) is 105 Å². The van der Waals surface area contributed by atoms with Gasteiger partial charge >= 0.3 is 30.3 Å². The Morgan fingerprint density at radius 1 is 0.244 bits per heavy atom. The van der Waals surface area contributed by atoms with Gasteiger partial charge in [0.05, 0.1) is 6.04 Å². The van der Waals surface area contributed by atoms with E-state index < -0.39 is 166 Å². The highest BCUT2D eigenvalue weighted by Crippen LogP contribution is 2.19. The van der Waals surface area contributed by atoms with Crippen LogP contribution in [0, 0.1) is 0 Å². The van der Waals surface area contributed by atoms with Crippen LogP contribution in [0.3, 0.4) is 0 Å². The highest BCUT2D eigenvalue weighted by atomic mass is 16.6. The minimum absolute atomic E-state index is 0.0420. The lowest BCUT2D eigenvalue weighted by molar-refractivity contribution is -0.142. The third-order valence-electron chi connectivity index (χ3n) is 20.1. The van der Waals surface area contributed by atoms with Crippen LogP contribution in [0.4, 0.5) is 19.2 Å². The second-order valence-electron chi connectivity index (χ2n) is 36.3. The van der Waals surface area contributed by atoms with Crippen LogP contribution in [0.2, 0.25) is 0 Å². The zero-order valence-electron chi connectivity index (χ0n) is 77.5. The molecule has 712 valence electrons. The Balaban J connectivity index is 1.34. The molecule has 0 saturated carbocycles. The predicted octanol–water partition coefficient (Wildman–Crippen LogP) is 9.00. The van der Waals surface area contributed by atoms with E-state index in [4.69, 9.17) is 24.7 Å². The van der Waals surface area contributed by atoms with Crippen LogP contribution >= 0.6 is 0 Å². The lowest BCUT2D eigenvalue weighted by Gasteiger charge is -2.29. The Labute approximate surface area is 768 Å². The summed E-state index contributed by atoms with van der Waals surface area (Å²) in [6.07, 6.45) is -1.44. The Morgan fingerprint density at radius 3 is 0.611 bits per heavy atom. The van der Waals surface area contributed by atoms with Crippen molar-refractivity contribution in [2.24, 2.45) is 5.73 Å². The molecule has 10 atom stereocenters. The summed E-state index contributed by atoms with van der Waals surface area (Å²) in [5, 5.41) is 46.6. The van der Waals surface area contributed by atoms with Crippen molar-refractivity contribution in [2.75, 3.05) is 26.2 Å². The number of ether oxygens (including phenoxy) is 4. The molecule has 0 aliphatic rings. The maximum atomic E-state index is 15.7. The number of hydrogen-bond donors (Lipinski definition) is 15. The molecule has 6 rings (SSSR count). The van der Waals surface area contributed by atoms with Crippen molar-refractivity contribution in [1.29, 1.82) is 0 Å². The van der Waals surface area contributed by atoms with E-state index in [0.29, 0.717) is 52.6 Å². The summed E-state index contributed by atoms with van der Waals surface area (Å²) in [6.45, 7) is 21.1. The van der Waals surface area contributed by atoms with Gasteiger partial charge in [0, 0.05) is 64.7 Å². The third kappa shape index (κ3) is 44.3. The van der Waals surface area contributed by atoms with Gasteiger partial charge in [0.2, 0.25) is 53.2 Å². The molecule has 0 unspecified atom stereocenters. The number of carboxylic acids is 1. The number of hydrogen-bond acceptors (Lipinski definition) is 19. The number of alkyl carbamates (subject to hydrolysis) is 4. The third-order valence-corrected chi connectivity index (χ3v) is 20.1. The second-order valence-corrected chi connectivity index (χ2v) is 36.3. The molecule has 33 nitrogen and oxygen atoms in total. The highest BCUT2D eigenvalue weighted by molar-refractivity contribution is 5.99. The van der Waals surface area contributed by atoms with Gasteiger partial charge in [-0.3, -0.25) is 43.2 Å². The number of carboxylic acid groups (broad SMARTS) is 1. The number of rotatable bonds is 51. The molecular weight excluding hydrogens is 1680 g/mol. The summed E-state index contributed by atoms with van der Waals surface area (Å²) in [5.41, 5.74) is 6.83. The Hall–Kier alpha value is -12.9. The van der Waals surface area contributed by atoms with Crippen molar-refractivity contribution < 1.29 is 91.2 Å². The van der Waals surface area contributed by atoms with Gasteiger partial charge in [-0.1, -0.05) is 182 Å². The molecule has 0 spiro atoms. The summed E-state index contributed by atoms with van der Waals surface area (Å²) >= 11 is 0. The summed E-state index contributed by atoms with van der Waals surface area (Å²) in [5.74, 6) is -8.94. The van der Waals surface area contributed by atoms with Gasteiger partial charge < -0.3 is 98.9 Å². The van der Waals surface area contributed by atoms with E-state index in [0.717, 1.165) is 0 Å². The first-order chi connectivity index (χ1) is 62.0. The Morgan fingerprint density at radius 2 is 0.412 bits per heavy atom. The Bertz CT molecular complexity index is 4610. The average molecular weight is 1810 g/mol. The standard InChI is InChI=1S/C98H136N14O19/c1-95(2,3)128-91(124)100-55-35-31-51-71(99)81(113)107-75(59-65-39-19-13-20-40-65)87(119)110-76(60-66-41-21-14-22-42-66)84(116)104-72(52-32-36-56-101-92(125)129-96(4,5)6)82(114)108-79(63-69-47-27-17-28-48-69)88(120)111-77(61-67-43-23-15-24-44-67)85(117)105-73(53-33-37-57-102-93(126)130-97(7,8)9)83(115)109-80(64-70-49-29-18-30-50-70)89(121)112-78(62-68-45-25-16-26-46-68)86(118)106-74(90(122)123)54-34-38-58-103-94(127)131-98(10,11)12/h13-30,39-50,71-80H,31-38,51-64,99H2,1-12H3,(H,100,124)(H,101,125)(H,102,126)(H,103,127)(H,104,116)(H,105,117)(H,106,118)(H,107,113)(H,108,114)(H,109,115)(H,110,119)(H,111,120)(H,112,121)(H,122,123)/t71-,72-,73-,74-,75-,76-,77-,78-,79-,80-/m0/s1. The largest absolute Gasteiger partial charge is 0.480 e. The van der Waals surface area contributed by atoms with Crippen LogP contribution in [-0.4, -0.2) is 198 Å². The summed E-state index contributed by atoms with van der Waals surface area (Å²) < 4.78 is 21.6. The normalized spacial score (nSPS) is 13.7. The first-order valence-corrected chi connectivity index (χ1v) is 44.9. The van der Waals surface area contributed by atoms with Crippen molar-refractivity contribution >= 4 is 83.5 Å². The number of aliphatic carboxylic acids is 1. The van der Waals surface area contributed by atoms with Gasteiger partial charge in [-0.15, -0.1) is 0 Å². The van der Waals surface area contributed by atoms with Crippen LogP contribution in [0.5, 0.6) is 0 Å². The van der Waals surface area contributed by atoms with E-state index >= 15 is 28.8 Å². The van der Waals surface area contributed by atoms with Crippen molar-refractivity contribution in [3.05, 3.63) is 215 Å². The fourth-order valence-electron chi connectivity index (χ4n) is 13.7. The van der Waals surface area contributed by atoms with E-state index in [2.05, 4.69) is 69.1 Å². The molecule has 0 saturated heterocycles. The van der Waals surface area contributed by atoms with Gasteiger partial charge in [-0.05, 0) is 194 Å². The number of amides is 13. The average Bonchev–Trinajstić information content (AvgIpc) is 0.839. The number of unbranched alkanes of at least 4 members (excludes halogenated alkanes) is 4. The van der Waals surface area contributed by atoms with Crippen LogP contribution in [0.15, 0.2) is 182 Å². The minimum Gasteiger partial charge on any atom is -0.480 e. The minimum atomic E-state index is -1.55. The molecule has 6 aromatic carbocycles. The molecular formula is C98H136N14O19. The first kappa shape index (κ1) is 107. The monoisotopic (exact) mass is 1810 g/mol. The molecule has 6 aromatic rings. The molecule has 131 heavy (non-hydrogen) atoms. The molecule has 13 amide bonds. The molecule has 0 fully saturated rings. The maximum absolute atomic E-state index is 15.7. The molecule has 0 aromatic heterocycles. The molecule has 0 bridgehead atoms. The second kappa shape index (κ2) is 54.5. The van der Waals surface area contributed by atoms with Crippen molar-refractivity contribution in [3.8, 4) is 0 Å². The van der Waals surface area contributed by atoms with Crippen molar-refractivity contribution in [1.82, 2.24) is 69.1 Å². The number of carbonyl (C=O) groups excluding carboxylic acids is 13. The molecule has 0 aliphatic heterocycles. The Kier molecular flexibility index (Phi) is 44.5. The molecule has 0 radical (unpaired) electrons. The molecule has 0 heterocycles. The zero-order chi connectivity index (χ0) is 96.1. The van der Waals surface area contributed by atoms with Crippen molar-refractivity contribution in [2.45, 2.75) is 281 Å². The smallest absolute Gasteiger partial charge is 0.407 e.